The molecule has 1 aliphatic rings. The summed E-state index contributed by atoms with van der Waals surface area (Å²) in [6, 6.07) is 4.47. The van der Waals surface area contributed by atoms with Crippen molar-refractivity contribution in [2.45, 2.75) is 52.4 Å². The number of amides is 1. The van der Waals surface area contributed by atoms with Crippen LogP contribution in [0.3, 0.4) is 0 Å². The molecule has 0 atom stereocenters. The summed E-state index contributed by atoms with van der Waals surface area (Å²) in [7, 11) is 0. The molecule has 1 N–H and O–H groups in total. The first-order valence-electron chi connectivity index (χ1n) is 10.6. The fraction of sp³-hybridized carbons (Fsp3) is 0.348. The monoisotopic (exact) mass is 475 g/mol. The molecule has 10 heteroatoms. The maximum Gasteiger partial charge on any atom is 0.341 e. The number of carbonyl (C=O) groups excluding carboxylic acids is 2. The number of hydrogen-bond acceptors (Lipinski definition) is 6. The van der Waals surface area contributed by atoms with E-state index in [9.17, 15) is 18.4 Å². The van der Waals surface area contributed by atoms with Crippen molar-refractivity contribution in [3.8, 4) is 5.75 Å². The molecule has 0 saturated heterocycles. The Kier molecular flexibility index (Phi) is 6.73. The number of anilines is 1. The average molecular weight is 476 g/mol. The van der Waals surface area contributed by atoms with Crippen LogP contribution in [0.1, 0.15) is 58.0 Å². The number of esters is 1. The molecule has 174 valence electrons. The fourth-order valence-corrected chi connectivity index (χ4v) is 4.87. The van der Waals surface area contributed by atoms with Gasteiger partial charge in [0.25, 0.3) is 5.91 Å². The molecule has 0 aliphatic heterocycles. The van der Waals surface area contributed by atoms with Crippen LogP contribution in [-0.4, -0.2) is 27.8 Å². The molecule has 33 heavy (non-hydrogen) atoms. The van der Waals surface area contributed by atoms with Crippen LogP contribution in [0.4, 0.5) is 13.8 Å². The molecule has 2 heterocycles. The molecule has 3 aromatic rings. The van der Waals surface area contributed by atoms with Crippen LogP contribution >= 0.6 is 11.3 Å². The lowest BCUT2D eigenvalue weighted by atomic mass is 9.95. The summed E-state index contributed by atoms with van der Waals surface area (Å²) >= 11 is 1.39. The van der Waals surface area contributed by atoms with Crippen molar-refractivity contribution in [1.82, 2.24) is 9.78 Å². The number of fused-ring (bicyclic) bond motifs is 1. The lowest BCUT2D eigenvalue weighted by Crippen LogP contribution is -2.18. The minimum atomic E-state index is -0.831. The molecule has 0 radical (unpaired) electrons. The highest BCUT2D eigenvalue weighted by molar-refractivity contribution is 7.17. The number of aromatic nitrogens is 2. The number of hydrogen-bond donors (Lipinski definition) is 1. The number of aryl methyl sites for hydroxylation is 1. The topological polar surface area (TPSA) is 82.5 Å². The third-order valence-corrected chi connectivity index (χ3v) is 6.27. The maximum absolute atomic E-state index is 13.7. The summed E-state index contributed by atoms with van der Waals surface area (Å²) in [4.78, 5) is 26.7. The van der Waals surface area contributed by atoms with E-state index in [0.717, 1.165) is 48.3 Å². The van der Waals surface area contributed by atoms with Gasteiger partial charge in [0.05, 0.1) is 11.7 Å². The summed E-state index contributed by atoms with van der Waals surface area (Å²) in [6.07, 6.45) is 4.89. The van der Waals surface area contributed by atoms with Gasteiger partial charge in [-0.1, -0.05) is 0 Å². The van der Waals surface area contributed by atoms with Crippen molar-refractivity contribution in [3.05, 3.63) is 63.8 Å². The van der Waals surface area contributed by atoms with E-state index in [-0.39, 0.29) is 24.3 Å². The molecule has 1 aliphatic carbocycles. The van der Waals surface area contributed by atoms with Crippen molar-refractivity contribution in [3.63, 3.8) is 0 Å². The second-order valence-electron chi connectivity index (χ2n) is 7.91. The molecule has 2 aromatic heterocycles. The van der Waals surface area contributed by atoms with Crippen molar-refractivity contribution in [1.29, 1.82) is 0 Å². The van der Waals surface area contributed by atoms with Crippen LogP contribution in [0.15, 0.2) is 30.5 Å². The quantitative estimate of drug-likeness (QED) is 0.489. The lowest BCUT2D eigenvalue weighted by molar-refractivity contribution is 0.0378. The Balaban J connectivity index is 1.48. The van der Waals surface area contributed by atoms with Crippen molar-refractivity contribution >= 4 is 28.2 Å². The Bertz CT molecular complexity index is 1190. The number of ether oxygens (including phenoxy) is 2. The molecule has 7 nitrogen and oxygen atoms in total. The number of nitrogens with zero attached hydrogens (tertiary/aromatic N) is 2. The molecule has 1 amide bonds. The Morgan fingerprint density at radius 2 is 2.00 bits per heavy atom. The van der Waals surface area contributed by atoms with E-state index < -0.39 is 23.5 Å². The van der Waals surface area contributed by atoms with Crippen LogP contribution in [0, 0.1) is 11.6 Å². The van der Waals surface area contributed by atoms with E-state index in [2.05, 4.69) is 10.4 Å². The molecule has 0 fully saturated rings. The third kappa shape index (κ3) is 5.22. The zero-order chi connectivity index (χ0) is 23.5. The molecular weight excluding hydrogens is 452 g/mol. The first-order chi connectivity index (χ1) is 15.8. The smallest absolute Gasteiger partial charge is 0.341 e. The van der Waals surface area contributed by atoms with Crippen LogP contribution in [0.25, 0.3) is 0 Å². The summed E-state index contributed by atoms with van der Waals surface area (Å²) in [5.41, 5.74) is 1.48. The van der Waals surface area contributed by atoms with Gasteiger partial charge in [-0.05, 0) is 63.3 Å². The van der Waals surface area contributed by atoms with Gasteiger partial charge in [-0.2, -0.15) is 5.10 Å². The van der Waals surface area contributed by atoms with Gasteiger partial charge < -0.3 is 14.8 Å². The van der Waals surface area contributed by atoms with Crippen LogP contribution < -0.4 is 10.1 Å². The Morgan fingerprint density at radius 1 is 1.21 bits per heavy atom. The largest absolute Gasteiger partial charge is 0.468 e. The maximum atomic E-state index is 13.7. The highest BCUT2D eigenvalue weighted by atomic mass is 32.1. The van der Waals surface area contributed by atoms with Crippen molar-refractivity contribution < 1.29 is 27.8 Å². The lowest BCUT2D eigenvalue weighted by Gasteiger charge is -2.14. The highest BCUT2D eigenvalue weighted by Gasteiger charge is 2.28. The van der Waals surface area contributed by atoms with Gasteiger partial charge in [0, 0.05) is 17.1 Å². The predicted octanol–water partition coefficient (Wildman–Crippen LogP) is 4.96. The predicted molar refractivity (Wildman–Crippen MR) is 119 cm³/mol. The third-order valence-electron chi connectivity index (χ3n) is 5.06. The van der Waals surface area contributed by atoms with Crippen molar-refractivity contribution in [2.24, 2.45) is 0 Å². The number of benzene rings is 1. The van der Waals surface area contributed by atoms with Gasteiger partial charge in [0.15, 0.2) is 24.0 Å². The summed E-state index contributed by atoms with van der Waals surface area (Å²) in [5.74, 6) is -2.60. The molecular formula is C23H23F2N3O4S. The van der Waals surface area contributed by atoms with Gasteiger partial charge in [-0.3, -0.25) is 4.79 Å². The summed E-state index contributed by atoms with van der Waals surface area (Å²) in [5, 5.41) is 7.40. The Morgan fingerprint density at radius 3 is 2.76 bits per heavy atom. The molecule has 0 bridgehead atoms. The zero-order valence-electron chi connectivity index (χ0n) is 18.2. The number of thiophene rings is 1. The zero-order valence-corrected chi connectivity index (χ0v) is 19.0. The van der Waals surface area contributed by atoms with Crippen molar-refractivity contribution in [2.75, 3.05) is 5.32 Å². The van der Waals surface area contributed by atoms with Gasteiger partial charge in [-0.15, -0.1) is 11.3 Å². The van der Waals surface area contributed by atoms with E-state index in [0.29, 0.717) is 10.6 Å². The van der Waals surface area contributed by atoms with Crippen LogP contribution in [0.2, 0.25) is 0 Å². The second-order valence-corrected chi connectivity index (χ2v) is 9.02. The fourth-order valence-electron chi connectivity index (χ4n) is 3.59. The number of rotatable bonds is 7. The van der Waals surface area contributed by atoms with Gasteiger partial charge in [0.2, 0.25) is 0 Å². The van der Waals surface area contributed by atoms with Gasteiger partial charge >= 0.3 is 5.97 Å². The number of halogens is 2. The minimum Gasteiger partial charge on any atom is -0.468 e. The highest BCUT2D eigenvalue weighted by Crippen LogP contribution is 2.39. The van der Waals surface area contributed by atoms with E-state index >= 15 is 0 Å². The summed E-state index contributed by atoms with van der Waals surface area (Å²) < 4.78 is 38.7. The van der Waals surface area contributed by atoms with E-state index in [4.69, 9.17) is 9.47 Å². The Hall–Kier alpha value is -3.27. The first-order valence-corrected chi connectivity index (χ1v) is 11.4. The second kappa shape index (κ2) is 9.70. The van der Waals surface area contributed by atoms with E-state index in [1.807, 2.05) is 0 Å². The van der Waals surface area contributed by atoms with Crippen LogP contribution in [0.5, 0.6) is 5.75 Å². The first kappa shape index (κ1) is 22.9. The molecule has 0 saturated carbocycles. The Labute approximate surface area is 193 Å². The molecule has 0 unspecified atom stereocenters. The van der Waals surface area contributed by atoms with Gasteiger partial charge in [0.1, 0.15) is 10.8 Å². The SMILES string of the molecule is CC(C)OC(=O)c1c(NC(=O)c2ccn(COc3ccc(F)cc3F)n2)sc2c1CCCC2. The van der Waals surface area contributed by atoms with E-state index in [1.54, 1.807) is 13.8 Å². The average Bonchev–Trinajstić information content (AvgIpc) is 3.37. The standard InChI is InChI=1S/C23H23F2N3O4S/c1-13(2)32-23(30)20-15-5-3-4-6-19(15)33-22(20)26-21(29)17-9-10-28(27-17)12-31-18-8-7-14(24)11-16(18)25/h7-11,13H,3-6,12H2,1-2H3,(H,26,29). The van der Waals surface area contributed by atoms with E-state index in [1.165, 1.54) is 34.3 Å². The molecule has 0 spiro atoms. The normalized spacial score (nSPS) is 13.0. The van der Waals surface area contributed by atoms with Crippen LogP contribution in [-0.2, 0) is 24.3 Å². The molecule has 4 rings (SSSR count). The number of nitrogens with one attached hydrogen (secondary N) is 1. The number of carbonyl (C=O) groups is 2. The van der Waals surface area contributed by atoms with Gasteiger partial charge in [-0.25, -0.2) is 18.3 Å². The molecule has 1 aromatic carbocycles. The summed E-state index contributed by atoms with van der Waals surface area (Å²) in [6.45, 7) is 3.39. The minimum absolute atomic E-state index is 0.104.